The second-order valence-electron chi connectivity index (χ2n) is 3.95. The Balaban J connectivity index is 2.65. The number of hydrogen-bond donors (Lipinski definition) is 1. The van der Waals surface area contributed by atoms with Gasteiger partial charge in [-0.1, -0.05) is 13.8 Å². The van der Waals surface area contributed by atoms with Gasteiger partial charge in [-0.2, -0.15) is 0 Å². The molecule has 3 heteroatoms. The van der Waals surface area contributed by atoms with Gasteiger partial charge in [-0.3, -0.25) is 4.79 Å². The Labute approximate surface area is 79.7 Å². The Bertz CT molecular complexity index is 191. The van der Waals surface area contributed by atoms with E-state index in [2.05, 4.69) is 13.8 Å². The van der Waals surface area contributed by atoms with Gasteiger partial charge in [-0.15, -0.1) is 0 Å². The van der Waals surface area contributed by atoms with Crippen LogP contribution in [0.1, 0.15) is 33.6 Å². The molecule has 0 bridgehead atoms. The first kappa shape index (κ1) is 10.5. The fraction of sp³-hybridized carbons (Fsp3) is 0.900. The molecule has 0 saturated carbocycles. The zero-order valence-electron chi connectivity index (χ0n) is 8.66. The number of aliphatic hydroxyl groups is 1. The van der Waals surface area contributed by atoms with Crippen LogP contribution in [-0.4, -0.2) is 34.6 Å². The third-order valence-electron chi connectivity index (χ3n) is 2.94. The average Bonchev–Trinajstić information content (AvgIpc) is 2.45. The van der Waals surface area contributed by atoms with E-state index < -0.39 is 6.10 Å². The van der Waals surface area contributed by atoms with E-state index in [4.69, 9.17) is 0 Å². The second kappa shape index (κ2) is 4.09. The number of carbonyl (C=O) groups is 1. The Morgan fingerprint density at radius 3 is 2.77 bits per heavy atom. The fourth-order valence-corrected chi connectivity index (χ4v) is 2.14. The molecule has 13 heavy (non-hydrogen) atoms. The SMILES string of the molecule is CCC1C(C)CCN1C(=O)[C@H](C)O. The van der Waals surface area contributed by atoms with Crippen molar-refractivity contribution in [3.8, 4) is 0 Å². The summed E-state index contributed by atoms with van der Waals surface area (Å²) in [5.74, 6) is 0.462. The number of amides is 1. The van der Waals surface area contributed by atoms with Gasteiger partial charge in [0.15, 0.2) is 0 Å². The van der Waals surface area contributed by atoms with Gasteiger partial charge >= 0.3 is 0 Å². The van der Waals surface area contributed by atoms with Crippen LogP contribution < -0.4 is 0 Å². The molecule has 1 aliphatic rings. The van der Waals surface area contributed by atoms with Crippen molar-refractivity contribution in [2.75, 3.05) is 6.54 Å². The van der Waals surface area contributed by atoms with Crippen molar-refractivity contribution in [2.45, 2.75) is 45.8 Å². The minimum absolute atomic E-state index is 0.115. The van der Waals surface area contributed by atoms with Crippen LogP contribution in [-0.2, 0) is 4.79 Å². The van der Waals surface area contributed by atoms with Crippen molar-refractivity contribution in [3.05, 3.63) is 0 Å². The summed E-state index contributed by atoms with van der Waals surface area (Å²) in [5, 5.41) is 9.19. The number of hydrogen-bond acceptors (Lipinski definition) is 2. The average molecular weight is 185 g/mol. The summed E-state index contributed by atoms with van der Waals surface area (Å²) >= 11 is 0. The fourth-order valence-electron chi connectivity index (χ4n) is 2.14. The lowest BCUT2D eigenvalue weighted by Crippen LogP contribution is -2.42. The number of carbonyl (C=O) groups excluding carboxylic acids is 1. The van der Waals surface area contributed by atoms with Gasteiger partial charge in [0.05, 0.1) is 0 Å². The van der Waals surface area contributed by atoms with E-state index >= 15 is 0 Å². The molecule has 0 aliphatic carbocycles. The van der Waals surface area contributed by atoms with Crippen LogP contribution in [0, 0.1) is 5.92 Å². The third kappa shape index (κ3) is 2.02. The zero-order valence-corrected chi connectivity index (χ0v) is 8.66. The van der Waals surface area contributed by atoms with Crippen LogP contribution in [0.5, 0.6) is 0 Å². The first-order valence-electron chi connectivity index (χ1n) is 5.06. The Kier molecular flexibility index (Phi) is 3.31. The lowest BCUT2D eigenvalue weighted by Gasteiger charge is -2.26. The molecule has 2 unspecified atom stereocenters. The molecule has 0 radical (unpaired) electrons. The summed E-state index contributed by atoms with van der Waals surface area (Å²) in [6.07, 6.45) is 1.20. The molecule has 1 fully saturated rings. The highest BCUT2D eigenvalue weighted by atomic mass is 16.3. The maximum absolute atomic E-state index is 11.5. The largest absolute Gasteiger partial charge is 0.384 e. The van der Waals surface area contributed by atoms with Crippen molar-refractivity contribution in [1.29, 1.82) is 0 Å². The van der Waals surface area contributed by atoms with Crippen LogP contribution in [0.25, 0.3) is 0 Å². The molecule has 0 aromatic carbocycles. The van der Waals surface area contributed by atoms with Crippen LogP contribution in [0.3, 0.4) is 0 Å². The normalized spacial score (nSPS) is 30.6. The van der Waals surface area contributed by atoms with Crippen molar-refractivity contribution >= 4 is 5.91 Å². The summed E-state index contributed by atoms with van der Waals surface area (Å²) in [6.45, 7) is 6.61. The lowest BCUT2D eigenvalue weighted by atomic mass is 10.0. The molecule has 1 rings (SSSR count). The molecule has 1 amide bonds. The van der Waals surface area contributed by atoms with Gasteiger partial charge in [0.2, 0.25) is 0 Å². The van der Waals surface area contributed by atoms with E-state index in [9.17, 15) is 9.90 Å². The van der Waals surface area contributed by atoms with Crippen LogP contribution in [0.15, 0.2) is 0 Å². The second-order valence-corrected chi connectivity index (χ2v) is 3.95. The monoisotopic (exact) mass is 185 g/mol. The number of rotatable bonds is 2. The lowest BCUT2D eigenvalue weighted by molar-refractivity contribution is -0.140. The Hall–Kier alpha value is -0.570. The van der Waals surface area contributed by atoms with Gasteiger partial charge in [-0.05, 0) is 25.7 Å². The number of aliphatic hydroxyl groups excluding tert-OH is 1. The smallest absolute Gasteiger partial charge is 0.251 e. The minimum atomic E-state index is -0.848. The zero-order chi connectivity index (χ0) is 10.0. The van der Waals surface area contributed by atoms with Crippen LogP contribution in [0.4, 0.5) is 0 Å². The van der Waals surface area contributed by atoms with Crippen molar-refractivity contribution in [1.82, 2.24) is 4.90 Å². The van der Waals surface area contributed by atoms with Crippen molar-refractivity contribution in [3.63, 3.8) is 0 Å². The Morgan fingerprint density at radius 2 is 2.31 bits per heavy atom. The molecule has 76 valence electrons. The van der Waals surface area contributed by atoms with Crippen molar-refractivity contribution in [2.24, 2.45) is 5.92 Å². The molecule has 3 atom stereocenters. The van der Waals surface area contributed by atoms with Gasteiger partial charge < -0.3 is 10.0 Å². The topological polar surface area (TPSA) is 40.5 Å². The summed E-state index contributed by atoms with van der Waals surface area (Å²) in [6, 6.07) is 0.335. The quantitative estimate of drug-likeness (QED) is 0.697. The van der Waals surface area contributed by atoms with Gasteiger partial charge in [-0.25, -0.2) is 0 Å². The van der Waals surface area contributed by atoms with E-state index in [1.54, 1.807) is 0 Å². The minimum Gasteiger partial charge on any atom is -0.384 e. The van der Waals surface area contributed by atoms with E-state index in [0.29, 0.717) is 12.0 Å². The molecule has 3 nitrogen and oxygen atoms in total. The first-order valence-corrected chi connectivity index (χ1v) is 5.06. The summed E-state index contributed by atoms with van der Waals surface area (Å²) < 4.78 is 0. The standard InChI is InChI=1S/C10H19NO2/c1-4-9-7(2)5-6-11(9)10(13)8(3)12/h7-9,12H,4-6H2,1-3H3/t7?,8-,9?/m0/s1. The molecule has 1 N–H and O–H groups in total. The van der Waals surface area contributed by atoms with Crippen LogP contribution in [0.2, 0.25) is 0 Å². The number of nitrogens with zero attached hydrogens (tertiary/aromatic N) is 1. The highest BCUT2D eigenvalue weighted by Crippen LogP contribution is 2.26. The molecular weight excluding hydrogens is 166 g/mol. The summed E-state index contributed by atoms with van der Waals surface area (Å²) in [5.41, 5.74) is 0. The molecule has 1 aliphatic heterocycles. The maximum Gasteiger partial charge on any atom is 0.251 e. The molecule has 0 aromatic heterocycles. The molecule has 1 saturated heterocycles. The van der Waals surface area contributed by atoms with E-state index in [1.165, 1.54) is 6.92 Å². The van der Waals surface area contributed by atoms with Gasteiger partial charge in [0, 0.05) is 12.6 Å². The highest BCUT2D eigenvalue weighted by molar-refractivity contribution is 5.80. The van der Waals surface area contributed by atoms with E-state index in [0.717, 1.165) is 19.4 Å². The maximum atomic E-state index is 11.5. The Morgan fingerprint density at radius 1 is 1.69 bits per heavy atom. The molecule has 0 aromatic rings. The van der Waals surface area contributed by atoms with Crippen molar-refractivity contribution < 1.29 is 9.90 Å². The molecule has 1 heterocycles. The summed E-state index contributed by atoms with van der Waals surface area (Å²) in [7, 11) is 0. The predicted molar refractivity (Wildman–Crippen MR) is 51.3 cm³/mol. The van der Waals surface area contributed by atoms with Gasteiger partial charge in [0.25, 0.3) is 5.91 Å². The van der Waals surface area contributed by atoms with Crippen LogP contribution >= 0.6 is 0 Å². The third-order valence-corrected chi connectivity index (χ3v) is 2.94. The van der Waals surface area contributed by atoms with Gasteiger partial charge in [0.1, 0.15) is 6.10 Å². The first-order chi connectivity index (χ1) is 6.07. The molecular formula is C10H19NO2. The summed E-state index contributed by atoms with van der Waals surface area (Å²) in [4.78, 5) is 13.4. The van der Waals surface area contributed by atoms with E-state index in [-0.39, 0.29) is 5.91 Å². The molecule has 0 spiro atoms. The number of likely N-dealkylation sites (tertiary alicyclic amines) is 1. The predicted octanol–water partition coefficient (Wildman–Crippen LogP) is 1.01. The van der Waals surface area contributed by atoms with E-state index in [1.807, 2.05) is 4.90 Å². The highest BCUT2D eigenvalue weighted by Gasteiger charge is 2.34.